The summed E-state index contributed by atoms with van der Waals surface area (Å²) in [7, 11) is 0. The van der Waals surface area contributed by atoms with Gasteiger partial charge in [0.2, 0.25) is 5.91 Å². The van der Waals surface area contributed by atoms with Crippen LogP contribution < -0.4 is 0 Å². The van der Waals surface area contributed by atoms with Crippen LogP contribution in [0.5, 0.6) is 0 Å². The first-order valence-corrected chi connectivity index (χ1v) is 12.2. The molecule has 2 fully saturated rings. The number of hydrogen-bond donors (Lipinski definition) is 0. The van der Waals surface area contributed by atoms with Crippen LogP contribution in [0.3, 0.4) is 0 Å². The maximum atomic E-state index is 14.1. The highest BCUT2D eigenvalue weighted by Gasteiger charge is 2.28. The molecule has 4 rings (SSSR count). The van der Waals surface area contributed by atoms with Crippen LogP contribution >= 0.6 is 0 Å². The number of aromatic nitrogens is 1. The van der Waals surface area contributed by atoms with Crippen LogP contribution in [0.25, 0.3) is 0 Å². The summed E-state index contributed by atoms with van der Waals surface area (Å²) >= 11 is 0. The number of rotatable bonds is 6. The van der Waals surface area contributed by atoms with Gasteiger partial charge in [-0.3, -0.25) is 9.78 Å². The van der Waals surface area contributed by atoms with E-state index in [-0.39, 0.29) is 5.82 Å². The van der Waals surface area contributed by atoms with Gasteiger partial charge < -0.3 is 9.80 Å². The molecule has 4 nitrogen and oxygen atoms in total. The van der Waals surface area contributed by atoms with E-state index in [2.05, 4.69) is 28.9 Å². The minimum Gasteiger partial charge on any atom is -0.343 e. The highest BCUT2D eigenvalue weighted by Crippen LogP contribution is 2.30. The highest BCUT2D eigenvalue weighted by atomic mass is 19.1. The van der Waals surface area contributed by atoms with Crippen LogP contribution in [0.1, 0.15) is 67.5 Å². The molecule has 0 atom stereocenters. The van der Waals surface area contributed by atoms with E-state index >= 15 is 0 Å². The second kappa shape index (κ2) is 10.6. The van der Waals surface area contributed by atoms with Gasteiger partial charge in [-0.25, -0.2) is 4.39 Å². The molecule has 2 aromatic rings. The fraction of sp³-hybridized carbons (Fsp3) is 0.556. The highest BCUT2D eigenvalue weighted by molar-refractivity contribution is 5.76. The average molecular weight is 438 g/mol. The number of amides is 1. The molecule has 0 radical (unpaired) electrons. The Morgan fingerprint density at radius 2 is 1.78 bits per heavy atom. The summed E-state index contributed by atoms with van der Waals surface area (Å²) in [5.74, 6) is 1.08. The van der Waals surface area contributed by atoms with Crippen molar-refractivity contribution in [2.45, 2.75) is 58.3 Å². The minimum atomic E-state index is -0.157. The molecule has 3 heterocycles. The summed E-state index contributed by atoms with van der Waals surface area (Å²) in [6, 6.07) is 11.2. The molecule has 0 N–H and O–H groups in total. The third-order valence-electron chi connectivity index (χ3n) is 7.27. The first-order chi connectivity index (χ1) is 15.5. The molecule has 2 saturated heterocycles. The van der Waals surface area contributed by atoms with Gasteiger partial charge in [0, 0.05) is 43.2 Å². The van der Waals surface area contributed by atoms with Crippen molar-refractivity contribution in [2.75, 3.05) is 32.7 Å². The Hall–Kier alpha value is -2.27. The van der Waals surface area contributed by atoms with Crippen molar-refractivity contribution in [1.29, 1.82) is 0 Å². The molecule has 1 aromatic carbocycles. The van der Waals surface area contributed by atoms with Crippen molar-refractivity contribution >= 4 is 5.91 Å². The second-order valence-corrected chi connectivity index (χ2v) is 9.55. The van der Waals surface area contributed by atoms with Gasteiger partial charge in [-0.05, 0) is 87.5 Å². The van der Waals surface area contributed by atoms with Gasteiger partial charge in [-0.1, -0.05) is 25.1 Å². The number of benzene rings is 1. The molecule has 1 amide bonds. The molecule has 1 aromatic heterocycles. The lowest BCUT2D eigenvalue weighted by atomic mass is 9.89. The first kappa shape index (κ1) is 22.9. The second-order valence-electron chi connectivity index (χ2n) is 9.55. The lowest BCUT2D eigenvalue weighted by Gasteiger charge is -2.35. The summed E-state index contributed by atoms with van der Waals surface area (Å²) < 4.78 is 14.1. The fourth-order valence-corrected chi connectivity index (χ4v) is 5.25. The quantitative estimate of drug-likeness (QED) is 0.642. The summed E-state index contributed by atoms with van der Waals surface area (Å²) in [5.41, 5.74) is 3.89. The maximum absolute atomic E-state index is 14.1. The zero-order chi connectivity index (χ0) is 22.5. The van der Waals surface area contributed by atoms with Crippen LogP contribution in [-0.4, -0.2) is 53.4 Å². The number of pyridine rings is 1. The summed E-state index contributed by atoms with van der Waals surface area (Å²) in [5, 5.41) is 0. The molecule has 2 aliphatic heterocycles. The van der Waals surface area contributed by atoms with E-state index in [1.165, 1.54) is 6.07 Å². The third-order valence-corrected chi connectivity index (χ3v) is 7.27. The number of hydrogen-bond acceptors (Lipinski definition) is 3. The molecule has 172 valence electrons. The van der Waals surface area contributed by atoms with Gasteiger partial charge in [0.05, 0.1) is 0 Å². The molecule has 2 aliphatic rings. The summed E-state index contributed by atoms with van der Waals surface area (Å²) in [6.07, 6.45) is 5.49. The predicted molar refractivity (Wildman–Crippen MR) is 126 cm³/mol. The Morgan fingerprint density at radius 1 is 1.06 bits per heavy atom. The van der Waals surface area contributed by atoms with E-state index in [1.54, 1.807) is 6.07 Å². The molecule has 32 heavy (non-hydrogen) atoms. The standard InChI is InChI=1S/C27H36FN3O/c1-3-30-12-8-21(9-13-30)19-27(32)31-14-10-23(11-15-31)26-18-22(16-20(2)29-26)17-24-6-4-5-7-25(24)28/h4-7,16,18,21,23H,3,8-15,17,19H2,1-2H3. The van der Waals surface area contributed by atoms with Gasteiger partial charge >= 0.3 is 0 Å². The van der Waals surface area contributed by atoms with Crippen LogP contribution in [0.15, 0.2) is 36.4 Å². The van der Waals surface area contributed by atoms with Gasteiger partial charge in [0.25, 0.3) is 0 Å². The monoisotopic (exact) mass is 437 g/mol. The molecule has 0 saturated carbocycles. The number of piperidine rings is 2. The van der Waals surface area contributed by atoms with Crippen molar-refractivity contribution < 1.29 is 9.18 Å². The molecular weight excluding hydrogens is 401 g/mol. The minimum absolute atomic E-state index is 0.157. The van der Waals surface area contributed by atoms with Crippen molar-refractivity contribution in [3.8, 4) is 0 Å². The van der Waals surface area contributed by atoms with Crippen molar-refractivity contribution in [2.24, 2.45) is 5.92 Å². The topological polar surface area (TPSA) is 36.4 Å². The Kier molecular flexibility index (Phi) is 7.56. The van der Waals surface area contributed by atoms with Crippen LogP contribution in [0, 0.1) is 18.7 Å². The molecular formula is C27H36FN3O. The van der Waals surface area contributed by atoms with Crippen molar-refractivity contribution in [3.05, 3.63) is 64.7 Å². The third kappa shape index (κ3) is 5.74. The zero-order valence-corrected chi connectivity index (χ0v) is 19.5. The normalized spacial score (nSPS) is 18.8. The number of halogens is 1. The van der Waals surface area contributed by atoms with Gasteiger partial charge in [-0.15, -0.1) is 0 Å². The smallest absolute Gasteiger partial charge is 0.222 e. The average Bonchev–Trinajstić information content (AvgIpc) is 2.81. The SMILES string of the molecule is CCN1CCC(CC(=O)N2CCC(c3cc(Cc4ccccc4F)cc(C)n3)CC2)CC1. The van der Waals surface area contributed by atoms with E-state index in [1.807, 2.05) is 19.1 Å². The Labute approximate surface area is 191 Å². The van der Waals surface area contributed by atoms with Gasteiger partial charge in [-0.2, -0.15) is 0 Å². The fourth-order valence-electron chi connectivity index (χ4n) is 5.25. The number of aryl methyl sites for hydroxylation is 1. The van der Waals surface area contributed by atoms with E-state index in [0.717, 1.165) is 75.4 Å². The van der Waals surface area contributed by atoms with E-state index < -0.39 is 0 Å². The van der Waals surface area contributed by atoms with Crippen molar-refractivity contribution in [3.63, 3.8) is 0 Å². The van der Waals surface area contributed by atoms with E-state index in [4.69, 9.17) is 4.98 Å². The molecule has 0 unspecified atom stereocenters. The predicted octanol–water partition coefficient (Wildman–Crippen LogP) is 4.95. The Bertz CT molecular complexity index is 915. The first-order valence-electron chi connectivity index (χ1n) is 12.2. The van der Waals surface area contributed by atoms with E-state index in [0.29, 0.717) is 36.1 Å². The molecule has 5 heteroatoms. The number of carbonyl (C=O) groups excluding carboxylic acids is 1. The molecule has 0 spiro atoms. The van der Waals surface area contributed by atoms with Gasteiger partial charge in [0.15, 0.2) is 0 Å². The largest absolute Gasteiger partial charge is 0.343 e. The Morgan fingerprint density at radius 3 is 2.47 bits per heavy atom. The van der Waals surface area contributed by atoms with Crippen LogP contribution in [-0.2, 0) is 11.2 Å². The molecule has 0 aliphatic carbocycles. The summed E-state index contributed by atoms with van der Waals surface area (Å²) in [4.78, 5) is 22.2. The maximum Gasteiger partial charge on any atom is 0.222 e. The lowest BCUT2D eigenvalue weighted by molar-refractivity contribution is -0.133. The number of nitrogens with zero attached hydrogens (tertiary/aromatic N) is 3. The lowest BCUT2D eigenvalue weighted by Crippen LogP contribution is -2.40. The van der Waals surface area contributed by atoms with Gasteiger partial charge in [0.1, 0.15) is 5.82 Å². The number of likely N-dealkylation sites (tertiary alicyclic amines) is 2. The van der Waals surface area contributed by atoms with Crippen LogP contribution in [0.2, 0.25) is 0 Å². The van der Waals surface area contributed by atoms with E-state index in [9.17, 15) is 9.18 Å². The van der Waals surface area contributed by atoms with Crippen LogP contribution in [0.4, 0.5) is 4.39 Å². The zero-order valence-electron chi connectivity index (χ0n) is 19.5. The number of carbonyl (C=O) groups is 1. The van der Waals surface area contributed by atoms with Crippen molar-refractivity contribution in [1.82, 2.24) is 14.8 Å². The Balaban J connectivity index is 1.32. The molecule has 0 bridgehead atoms. The summed E-state index contributed by atoms with van der Waals surface area (Å²) in [6.45, 7) is 9.22.